The normalized spacial score (nSPS) is 11.8. The van der Waals surface area contributed by atoms with E-state index in [1.54, 1.807) is 47.8 Å². The first-order chi connectivity index (χ1) is 19.4. The Hall–Kier alpha value is -5.34. The van der Waals surface area contributed by atoms with E-state index in [1.165, 1.54) is 15.7 Å². The number of nitrogens with zero attached hydrogens (tertiary/aromatic N) is 6. The number of anilines is 1. The Balaban J connectivity index is 1.45. The van der Waals surface area contributed by atoms with Crippen LogP contribution in [0.5, 0.6) is 0 Å². The number of thiazole rings is 1. The molecule has 5 heterocycles. The first-order valence-corrected chi connectivity index (χ1v) is 13.2. The van der Waals surface area contributed by atoms with Gasteiger partial charge < -0.3 is 11.1 Å². The fourth-order valence-electron chi connectivity index (χ4n) is 4.48. The lowest BCUT2D eigenvalue weighted by atomic mass is 10.0. The topological polar surface area (TPSA) is 133 Å². The third kappa shape index (κ3) is 4.46. The lowest BCUT2D eigenvalue weighted by molar-refractivity contribution is 0.0941. The van der Waals surface area contributed by atoms with E-state index < -0.39 is 11.9 Å². The molecule has 0 saturated carbocycles. The first-order valence-electron chi connectivity index (χ1n) is 12.3. The minimum atomic E-state index is -0.647. The Morgan fingerprint density at radius 2 is 1.93 bits per heavy atom. The molecule has 196 valence electrons. The van der Waals surface area contributed by atoms with Crippen molar-refractivity contribution in [2.24, 2.45) is 7.05 Å². The number of hydrogen-bond acceptors (Lipinski definition) is 8. The van der Waals surface area contributed by atoms with Crippen LogP contribution in [-0.2, 0) is 7.05 Å². The van der Waals surface area contributed by atoms with Crippen molar-refractivity contribution in [1.29, 1.82) is 0 Å². The van der Waals surface area contributed by atoms with Gasteiger partial charge in [-0.2, -0.15) is 5.10 Å². The molecule has 11 heteroatoms. The first kappa shape index (κ1) is 25.0. The summed E-state index contributed by atoms with van der Waals surface area (Å²) in [4.78, 5) is 41.3. The minimum Gasteiger partial charge on any atom is -0.383 e. The average molecular weight is 547 g/mol. The number of benzene rings is 1. The van der Waals surface area contributed by atoms with Gasteiger partial charge in [0.25, 0.3) is 11.5 Å². The average Bonchev–Trinajstić information content (AvgIpc) is 3.57. The molecule has 0 aliphatic rings. The van der Waals surface area contributed by atoms with Crippen LogP contribution in [-0.4, -0.2) is 35.0 Å². The zero-order valence-corrected chi connectivity index (χ0v) is 22.3. The van der Waals surface area contributed by atoms with Gasteiger partial charge in [-0.25, -0.2) is 14.4 Å². The molecule has 0 saturated heterocycles. The number of amides is 1. The molecule has 5 aromatic heterocycles. The van der Waals surface area contributed by atoms with Crippen LogP contribution in [0.25, 0.3) is 27.0 Å². The van der Waals surface area contributed by atoms with Gasteiger partial charge in [-0.15, -0.1) is 11.3 Å². The van der Waals surface area contributed by atoms with Crippen molar-refractivity contribution in [2.45, 2.75) is 13.0 Å². The molecular formula is C29H22N8O2S. The third-order valence-electron chi connectivity index (χ3n) is 6.36. The Labute approximate surface area is 232 Å². The van der Waals surface area contributed by atoms with Crippen LogP contribution < -0.4 is 16.6 Å². The molecule has 0 spiro atoms. The van der Waals surface area contributed by atoms with Gasteiger partial charge in [0, 0.05) is 36.4 Å². The van der Waals surface area contributed by atoms with Gasteiger partial charge in [-0.05, 0) is 30.5 Å². The van der Waals surface area contributed by atoms with Crippen LogP contribution in [0.4, 0.5) is 5.82 Å². The van der Waals surface area contributed by atoms with Crippen LogP contribution in [0.1, 0.15) is 40.3 Å². The number of carbonyl (C=O) groups is 1. The molecule has 10 nitrogen and oxygen atoms in total. The van der Waals surface area contributed by atoms with Crippen LogP contribution in [0, 0.1) is 11.8 Å². The standard InChI is InChI=1S/C29H22N8O2S/c1-17(34-27(38)23-25-20(9-6-12-31-25)14-32-26(23)30)24-22(19-7-4-3-5-8-19)28(39)37-21(16-40-29(37)35-24)11-10-18-13-33-36(2)15-18/h3-9,12-17H,1-2H3,(H2,30,32)(H,34,38)/t17-/m1/s1. The maximum atomic E-state index is 14.0. The van der Waals surface area contributed by atoms with Gasteiger partial charge in [-0.1, -0.05) is 36.3 Å². The minimum absolute atomic E-state index is 0.0674. The SMILES string of the molecule is C[C@@H](NC(=O)c1c(N)ncc2cccnc12)c1nc2scc(C#Cc3cnn(C)c3)n2c(=O)c1-c1ccccc1. The van der Waals surface area contributed by atoms with E-state index in [9.17, 15) is 9.59 Å². The molecule has 3 N–H and O–H groups in total. The lowest BCUT2D eigenvalue weighted by Crippen LogP contribution is -2.31. The van der Waals surface area contributed by atoms with Gasteiger partial charge in [0.05, 0.1) is 34.6 Å². The molecule has 0 fully saturated rings. The van der Waals surface area contributed by atoms with Crippen molar-refractivity contribution in [3.63, 3.8) is 0 Å². The molecule has 6 aromatic rings. The van der Waals surface area contributed by atoms with Gasteiger partial charge in [0.15, 0.2) is 4.96 Å². The van der Waals surface area contributed by atoms with E-state index in [0.29, 0.717) is 38.4 Å². The third-order valence-corrected chi connectivity index (χ3v) is 7.18. The highest BCUT2D eigenvalue weighted by Crippen LogP contribution is 2.27. The summed E-state index contributed by atoms with van der Waals surface area (Å²) in [5, 5.41) is 9.58. The van der Waals surface area contributed by atoms with Crippen LogP contribution >= 0.6 is 11.3 Å². The van der Waals surface area contributed by atoms with Crippen LogP contribution in [0.3, 0.4) is 0 Å². The number of aromatic nitrogens is 6. The number of fused-ring (bicyclic) bond motifs is 2. The van der Waals surface area contributed by atoms with Crippen LogP contribution in [0.15, 0.2) is 77.4 Å². The van der Waals surface area contributed by atoms with Gasteiger partial charge in [0.1, 0.15) is 17.1 Å². The number of nitrogens with two attached hydrogens (primary N) is 1. The van der Waals surface area contributed by atoms with Crippen molar-refractivity contribution >= 4 is 38.9 Å². The summed E-state index contributed by atoms with van der Waals surface area (Å²) in [6.07, 6.45) is 6.63. The molecule has 6 rings (SSSR count). The Kier molecular flexibility index (Phi) is 6.30. The molecule has 0 aliphatic heterocycles. The Bertz CT molecular complexity index is 2030. The second-order valence-corrected chi connectivity index (χ2v) is 9.93. The highest BCUT2D eigenvalue weighted by molar-refractivity contribution is 7.15. The van der Waals surface area contributed by atoms with Crippen molar-refractivity contribution in [2.75, 3.05) is 5.73 Å². The molecule has 1 aromatic carbocycles. The van der Waals surface area contributed by atoms with Gasteiger partial charge in [0.2, 0.25) is 0 Å². The molecule has 0 unspecified atom stereocenters. The molecule has 0 aliphatic carbocycles. The number of hydrogen-bond donors (Lipinski definition) is 2. The quantitative estimate of drug-likeness (QED) is 0.323. The zero-order chi connectivity index (χ0) is 27.8. The summed E-state index contributed by atoms with van der Waals surface area (Å²) in [7, 11) is 1.81. The predicted octanol–water partition coefficient (Wildman–Crippen LogP) is 3.57. The number of pyridine rings is 2. The number of nitrogen functional groups attached to an aromatic ring is 1. The molecule has 0 bridgehead atoms. The number of rotatable bonds is 4. The number of carbonyl (C=O) groups excluding carboxylic acids is 1. The van der Waals surface area contributed by atoms with Crippen molar-refractivity contribution in [3.8, 4) is 23.0 Å². The lowest BCUT2D eigenvalue weighted by Gasteiger charge is -2.18. The highest BCUT2D eigenvalue weighted by atomic mass is 32.1. The monoisotopic (exact) mass is 546 g/mol. The van der Waals surface area contributed by atoms with Gasteiger partial charge in [-0.3, -0.25) is 19.3 Å². The second kappa shape index (κ2) is 10.1. The number of aryl methyl sites for hydroxylation is 1. The molecular weight excluding hydrogens is 524 g/mol. The predicted molar refractivity (Wildman–Crippen MR) is 154 cm³/mol. The molecule has 0 radical (unpaired) electrons. The number of nitrogens with one attached hydrogen (secondary N) is 1. The van der Waals surface area contributed by atoms with Crippen molar-refractivity contribution < 1.29 is 4.79 Å². The summed E-state index contributed by atoms with van der Waals surface area (Å²) in [5.41, 5.74) is 9.16. The van der Waals surface area contributed by atoms with Crippen LogP contribution in [0.2, 0.25) is 0 Å². The summed E-state index contributed by atoms with van der Waals surface area (Å²) in [5.74, 6) is 5.73. The summed E-state index contributed by atoms with van der Waals surface area (Å²) in [6.45, 7) is 1.78. The maximum Gasteiger partial charge on any atom is 0.267 e. The smallest absolute Gasteiger partial charge is 0.267 e. The molecule has 40 heavy (non-hydrogen) atoms. The van der Waals surface area contributed by atoms with E-state index in [1.807, 2.05) is 43.4 Å². The zero-order valence-electron chi connectivity index (χ0n) is 21.5. The fraction of sp³-hybridized carbons (Fsp3) is 0.103. The molecule has 1 atom stereocenters. The van der Waals surface area contributed by atoms with E-state index >= 15 is 0 Å². The Morgan fingerprint density at radius 1 is 1.10 bits per heavy atom. The van der Waals surface area contributed by atoms with E-state index in [0.717, 1.165) is 5.56 Å². The maximum absolute atomic E-state index is 14.0. The van der Waals surface area contributed by atoms with Crippen molar-refractivity contribution in [1.82, 2.24) is 34.4 Å². The van der Waals surface area contributed by atoms with E-state index in [4.69, 9.17) is 10.7 Å². The Morgan fingerprint density at radius 3 is 2.70 bits per heavy atom. The molecule has 1 amide bonds. The summed E-state index contributed by atoms with van der Waals surface area (Å²) >= 11 is 1.30. The summed E-state index contributed by atoms with van der Waals surface area (Å²) < 4.78 is 3.17. The second-order valence-electron chi connectivity index (χ2n) is 9.09. The van der Waals surface area contributed by atoms with Crippen molar-refractivity contribution in [3.05, 3.63) is 106 Å². The van der Waals surface area contributed by atoms with Gasteiger partial charge >= 0.3 is 0 Å². The largest absolute Gasteiger partial charge is 0.383 e. The fourth-order valence-corrected chi connectivity index (χ4v) is 5.30. The van der Waals surface area contributed by atoms with E-state index in [2.05, 4.69) is 32.2 Å². The highest BCUT2D eigenvalue weighted by Gasteiger charge is 2.25. The summed E-state index contributed by atoms with van der Waals surface area (Å²) in [6, 6.07) is 12.2. The van der Waals surface area contributed by atoms with E-state index in [-0.39, 0.29) is 16.9 Å².